The number of aromatic nitrogens is 1. The van der Waals surface area contributed by atoms with E-state index in [1.54, 1.807) is 19.0 Å². The molecule has 8 heteroatoms. The minimum atomic E-state index is -0.0153. The normalized spacial score (nSPS) is 17.6. The predicted molar refractivity (Wildman–Crippen MR) is 103 cm³/mol. The van der Waals surface area contributed by atoms with E-state index in [2.05, 4.69) is 36.9 Å². The third-order valence-electron chi connectivity index (χ3n) is 4.27. The molecule has 0 radical (unpaired) electrons. The number of amides is 1. The Kier molecular flexibility index (Phi) is 7.31. The molecule has 1 aliphatic heterocycles. The lowest BCUT2D eigenvalue weighted by Crippen LogP contribution is -2.42. The van der Waals surface area contributed by atoms with Crippen molar-refractivity contribution < 1.29 is 9.53 Å². The number of carbonyl (C=O) groups excluding carboxylic acids is 1. The van der Waals surface area contributed by atoms with Crippen LogP contribution < -0.4 is 5.32 Å². The SMILES string of the molecule is CN(C)C(=O)CN=C(NCC1CCOC1)N(C)Cc1cc(Br)cn1C. The average molecular weight is 414 g/mol. The second kappa shape index (κ2) is 9.24. The number of aliphatic imine (C=N–C) groups is 1. The highest BCUT2D eigenvalue weighted by molar-refractivity contribution is 9.10. The molecule has 140 valence electrons. The van der Waals surface area contributed by atoms with Gasteiger partial charge in [-0.3, -0.25) is 4.79 Å². The van der Waals surface area contributed by atoms with Gasteiger partial charge in [0, 0.05) is 63.6 Å². The number of hydrogen-bond donors (Lipinski definition) is 1. The number of aryl methyl sites for hydroxylation is 1. The summed E-state index contributed by atoms with van der Waals surface area (Å²) in [5, 5.41) is 3.41. The monoisotopic (exact) mass is 413 g/mol. The van der Waals surface area contributed by atoms with Crippen molar-refractivity contribution in [3.05, 3.63) is 22.4 Å². The fourth-order valence-electron chi connectivity index (χ4n) is 2.62. The van der Waals surface area contributed by atoms with Crippen LogP contribution in [-0.4, -0.2) is 73.7 Å². The molecule has 25 heavy (non-hydrogen) atoms. The Bertz CT molecular complexity index is 608. The summed E-state index contributed by atoms with van der Waals surface area (Å²) in [6, 6.07) is 2.09. The van der Waals surface area contributed by atoms with E-state index in [-0.39, 0.29) is 12.5 Å². The van der Waals surface area contributed by atoms with Crippen LogP contribution in [0.1, 0.15) is 12.1 Å². The first-order valence-corrected chi connectivity index (χ1v) is 9.24. The molecule has 2 rings (SSSR count). The Morgan fingerprint density at radius 1 is 1.48 bits per heavy atom. The molecule has 1 unspecified atom stereocenters. The van der Waals surface area contributed by atoms with Crippen molar-refractivity contribution in [2.45, 2.75) is 13.0 Å². The third-order valence-corrected chi connectivity index (χ3v) is 4.70. The van der Waals surface area contributed by atoms with E-state index in [0.717, 1.165) is 42.3 Å². The van der Waals surface area contributed by atoms with Gasteiger partial charge in [-0.05, 0) is 28.4 Å². The molecule has 1 N–H and O–H groups in total. The first-order chi connectivity index (χ1) is 11.9. The molecule has 0 spiro atoms. The molecule has 0 aromatic carbocycles. The number of nitrogens with one attached hydrogen (secondary N) is 1. The molecule has 7 nitrogen and oxygen atoms in total. The van der Waals surface area contributed by atoms with Gasteiger partial charge in [-0.25, -0.2) is 4.99 Å². The van der Waals surface area contributed by atoms with E-state index in [1.807, 2.05) is 25.2 Å². The maximum absolute atomic E-state index is 11.9. The fourth-order valence-corrected chi connectivity index (χ4v) is 3.19. The highest BCUT2D eigenvalue weighted by atomic mass is 79.9. The molecule has 1 amide bonds. The van der Waals surface area contributed by atoms with E-state index in [0.29, 0.717) is 12.5 Å². The Labute approximate surface area is 158 Å². The Balaban J connectivity index is 2.03. The zero-order valence-electron chi connectivity index (χ0n) is 15.5. The van der Waals surface area contributed by atoms with Gasteiger partial charge in [-0.15, -0.1) is 0 Å². The largest absolute Gasteiger partial charge is 0.381 e. The molecule has 1 saturated heterocycles. The predicted octanol–water partition coefficient (Wildman–Crippen LogP) is 1.29. The van der Waals surface area contributed by atoms with Crippen molar-refractivity contribution in [3.8, 4) is 0 Å². The van der Waals surface area contributed by atoms with Crippen LogP contribution in [0.4, 0.5) is 0 Å². The van der Waals surface area contributed by atoms with E-state index in [4.69, 9.17) is 4.74 Å². The van der Waals surface area contributed by atoms with Gasteiger partial charge >= 0.3 is 0 Å². The maximum Gasteiger partial charge on any atom is 0.243 e. The van der Waals surface area contributed by atoms with Gasteiger partial charge in [0.05, 0.1) is 13.2 Å². The van der Waals surface area contributed by atoms with Crippen LogP contribution in [0.15, 0.2) is 21.7 Å². The van der Waals surface area contributed by atoms with Crippen molar-refractivity contribution in [2.24, 2.45) is 18.0 Å². The number of ether oxygens (including phenoxy) is 1. The van der Waals surface area contributed by atoms with Crippen molar-refractivity contribution >= 4 is 27.8 Å². The second-order valence-electron chi connectivity index (χ2n) is 6.66. The van der Waals surface area contributed by atoms with Gasteiger partial charge in [0.2, 0.25) is 5.91 Å². The highest BCUT2D eigenvalue weighted by Crippen LogP contribution is 2.15. The molecule has 0 saturated carbocycles. The van der Waals surface area contributed by atoms with Gasteiger partial charge in [-0.1, -0.05) is 0 Å². The van der Waals surface area contributed by atoms with Crippen molar-refractivity contribution in [2.75, 3.05) is 47.4 Å². The van der Waals surface area contributed by atoms with Gasteiger partial charge in [0.15, 0.2) is 5.96 Å². The van der Waals surface area contributed by atoms with Crippen molar-refractivity contribution in [1.82, 2.24) is 19.7 Å². The lowest BCUT2D eigenvalue weighted by Gasteiger charge is -2.24. The molecule has 0 bridgehead atoms. The summed E-state index contributed by atoms with van der Waals surface area (Å²) in [6.45, 7) is 3.25. The molecule has 1 aromatic rings. The maximum atomic E-state index is 11.9. The van der Waals surface area contributed by atoms with Gasteiger partial charge in [0.1, 0.15) is 6.54 Å². The summed E-state index contributed by atoms with van der Waals surface area (Å²) < 4.78 is 8.56. The van der Waals surface area contributed by atoms with Crippen LogP contribution in [-0.2, 0) is 23.1 Å². The van der Waals surface area contributed by atoms with Crippen LogP contribution in [0.2, 0.25) is 0 Å². The average Bonchev–Trinajstić information content (AvgIpc) is 3.16. The molecular formula is C17H28BrN5O2. The summed E-state index contributed by atoms with van der Waals surface area (Å²) in [7, 11) is 7.49. The van der Waals surface area contributed by atoms with E-state index >= 15 is 0 Å². The van der Waals surface area contributed by atoms with E-state index in [9.17, 15) is 4.79 Å². The fraction of sp³-hybridized carbons (Fsp3) is 0.647. The van der Waals surface area contributed by atoms with E-state index < -0.39 is 0 Å². The number of likely N-dealkylation sites (N-methyl/N-ethyl adjacent to an activating group) is 1. The first-order valence-electron chi connectivity index (χ1n) is 8.45. The topological polar surface area (TPSA) is 62.1 Å². The number of guanidine groups is 1. The number of halogens is 1. The number of carbonyl (C=O) groups is 1. The van der Waals surface area contributed by atoms with Crippen LogP contribution in [0.5, 0.6) is 0 Å². The van der Waals surface area contributed by atoms with Crippen LogP contribution in [0.3, 0.4) is 0 Å². The van der Waals surface area contributed by atoms with Crippen molar-refractivity contribution in [3.63, 3.8) is 0 Å². The zero-order chi connectivity index (χ0) is 18.4. The van der Waals surface area contributed by atoms with Gasteiger partial charge < -0.3 is 24.4 Å². The van der Waals surface area contributed by atoms with Gasteiger partial charge in [-0.2, -0.15) is 0 Å². The zero-order valence-corrected chi connectivity index (χ0v) is 17.0. The number of hydrogen-bond acceptors (Lipinski definition) is 3. The molecular weight excluding hydrogens is 386 g/mol. The van der Waals surface area contributed by atoms with Crippen molar-refractivity contribution in [1.29, 1.82) is 0 Å². The molecule has 1 atom stereocenters. The molecule has 1 fully saturated rings. The molecule has 0 aliphatic carbocycles. The highest BCUT2D eigenvalue weighted by Gasteiger charge is 2.18. The van der Waals surface area contributed by atoms with E-state index in [1.165, 1.54) is 0 Å². The van der Waals surface area contributed by atoms with Crippen LogP contribution in [0.25, 0.3) is 0 Å². The smallest absolute Gasteiger partial charge is 0.243 e. The number of rotatable bonds is 6. The Morgan fingerprint density at radius 3 is 2.80 bits per heavy atom. The lowest BCUT2D eigenvalue weighted by molar-refractivity contribution is -0.127. The summed E-state index contributed by atoms with van der Waals surface area (Å²) in [5.41, 5.74) is 1.16. The summed E-state index contributed by atoms with van der Waals surface area (Å²) in [6.07, 6.45) is 3.09. The third kappa shape index (κ3) is 6.04. The quantitative estimate of drug-likeness (QED) is 0.563. The summed E-state index contributed by atoms with van der Waals surface area (Å²) in [5.74, 6) is 1.21. The standard InChI is InChI=1S/C17H28BrN5O2/c1-21(2)16(24)9-20-17(19-8-13-5-6-25-12-13)23(4)11-15-7-14(18)10-22(15)3/h7,10,13H,5-6,8-9,11-12H2,1-4H3,(H,19,20). The lowest BCUT2D eigenvalue weighted by atomic mass is 10.1. The summed E-state index contributed by atoms with van der Waals surface area (Å²) in [4.78, 5) is 20.0. The minimum Gasteiger partial charge on any atom is -0.381 e. The Morgan fingerprint density at radius 2 is 2.24 bits per heavy atom. The minimum absolute atomic E-state index is 0.0153. The van der Waals surface area contributed by atoms with Crippen LogP contribution >= 0.6 is 15.9 Å². The number of nitrogens with zero attached hydrogens (tertiary/aromatic N) is 4. The first kappa shape index (κ1) is 19.8. The second-order valence-corrected chi connectivity index (χ2v) is 7.57. The van der Waals surface area contributed by atoms with Gasteiger partial charge in [0.25, 0.3) is 0 Å². The Hall–Kier alpha value is -1.54. The molecule has 1 aromatic heterocycles. The molecule has 1 aliphatic rings. The molecule has 2 heterocycles. The summed E-state index contributed by atoms with van der Waals surface area (Å²) >= 11 is 3.50. The van der Waals surface area contributed by atoms with Crippen LogP contribution in [0, 0.1) is 5.92 Å².